The maximum atomic E-state index is 10.1. The Bertz CT molecular complexity index is 839. The zero-order valence-electron chi connectivity index (χ0n) is 12.2. The van der Waals surface area contributed by atoms with Crippen molar-refractivity contribution in [1.82, 2.24) is 19.7 Å². The van der Waals surface area contributed by atoms with Gasteiger partial charge in [0.05, 0.1) is 23.3 Å². The second kappa shape index (κ2) is 6.03. The Hall–Kier alpha value is -1.77. The highest BCUT2D eigenvalue weighted by atomic mass is 33.1. The number of aliphatic hydroxyl groups is 1. The molecule has 6 nitrogen and oxygen atoms in total. The molecule has 1 aliphatic heterocycles. The van der Waals surface area contributed by atoms with Crippen LogP contribution in [0.5, 0.6) is 0 Å². The van der Waals surface area contributed by atoms with Gasteiger partial charge in [-0.25, -0.2) is 14.6 Å². The molecule has 118 valence electrons. The first-order valence-corrected chi connectivity index (χ1v) is 9.61. The van der Waals surface area contributed by atoms with Gasteiger partial charge < -0.3 is 10.8 Å². The standard InChI is InChI=1S/C15H15N5OS2/c16-14-12-13(9-4-2-1-3-5-9)19-20(15(12)18-8-17-14)6-11-10(21)7-22-23-11/h1-5,8,10-11,21H,6-7H2,(H2,16,17,18)/t10-,11+/m1/s1. The molecule has 2 aromatic heterocycles. The summed E-state index contributed by atoms with van der Waals surface area (Å²) in [5.74, 6) is 1.17. The second-order valence-electron chi connectivity index (χ2n) is 5.34. The van der Waals surface area contributed by atoms with Crippen LogP contribution in [-0.2, 0) is 6.54 Å². The SMILES string of the molecule is Nc1ncnc2c1c(-c1ccccc1)nn2C[C@@H]1SSC[C@H]1O. The summed E-state index contributed by atoms with van der Waals surface area (Å²) >= 11 is 0. The van der Waals surface area contributed by atoms with Crippen molar-refractivity contribution in [3.63, 3.8) is 0 Å². The number of hydrogen-bond donors (Lipinski definition) is 2. The number of fused-ring (bicyclic) bond motifs is 1. The first-order valence-electron chi connectivity index (χ1n) is 7.23. The molecule has 2 atom stereocenters. The number of benzene rings is 1. The molecule has 0 amide bonds. The van der Waals surface area contributed by atoms with Crippen molar-refractivity contribution in [2.75, 3.05) is 11.5 Å². The Kier molecular flexibility index (Phi) is 3.88. The summed E-state index contributed by atoms with van der Waals surface area (Å²) in [6, 6.07) is 9.88. The first kappa shape index (κ1) is 14.8. The summed E-state index contributed by atoms with van der Waals surface area (Å²) < 4.78 is 1.84. The van der Waals surface area contributed by atoms with Crippen LogP contribution < -0.4 is 5.73 Å². The van der Waals surface area contributed by atoms with Crippen molar-refractivity contribution in [2.45, 2.75) is 17.9 Å². The summed E-state index contributed by atoms with van der Waals surface area (Å²) in [4.78, 5) is 8.48. The number of nitrogen functional groups attached to an aromatic ring is 1. The summed E-state index contributed by atoms with van der Waals surface area (Å²) in [7, 11) is 3.38. The van der Waals surface area contributed by atoms with E-state index in [1.807, 2.05) is 35.0 Å². The van der Waals surface area contributed by atoms with E-state index in [2.05, 4.69) is 9.97 Å². The van der Waals surface area contributed by atoms with Crippen molar-refractivity contribution in [3.05, 3.63) is 36.7 Å². The molecule has 23 heavy (non-hydrogen) atoms. The molecule has 3 aromatic rings. The lowest BCUT2D eigenvalue weighted by atomic mass is 10.1. The molecular weight excluding hydrogens is 330 g/mol. The van der Waals surface area contributed by atoms with E-state index in [4.69, 9.17) is 10.8 Å². The van der Waals surface area contributed by atoms with Crippen molar-refractivity contribution < 1.29 is 5.11 Å². The van der Waals surface area contributed by atoms with E-state index in [-0.39, 0.29) is 11.4 Å². The Morgan fingerprint density at radius 1 is 1.26 bits per heavy atom. The van der Waals surface area contributed by atoms with Gasteiger partial charge >= 0.3 is 0 Å². The van der Waals surface area contributed by atoms with Crippen LogP contribution in [0.2, 0.25) is 0 Å². The van der Waals surface area contributed by atoms with Gasteiger partial charge in [-0.2, -0.15) is 5.10 Å². The topological polar surface area (TPSA) is 89.9 Å². The average Bonchev–Trinajstić information content (AvgIpc) is 3.14. The molecule has 1 fully saturated rings. The van der Waals surface area contributed by atoms with Crippen molar-refractivity contribution in [3.8, 4) is 11.3 Å². The number of anilines is 1. The minimum atomic E-state index is -0.330. The number of hydrogen-bond acceptors (Lipinski definition) is 7. The van der Waals surface area contributed by atoms with Gasteiger partial charge in [-0.1, -0.05) is 51.9 Å². The van der Waals surface area contributed by atoms with Gasteiger partial charge in [0, 0.05) is 11.3 Å². The van der Waals surface area contributed by atoms with Gasteiger partial charge in [-0.15, -0.1) is 0 Å². The third-order valence-electron chi connectivity index (χ3n) is 3.82. The molecule has 3 N–H and O–H groups in total. The quantitative estimate of drug-likeness (QED) is 0.703. The van der Waals surface area contributed by atoms with Crippen LogP contribution in [0.4, 0.5) is 5.82 Å². The fourth-order valence-electron chi connectivity index (χ4n) is 2.65. The second-order valence-corrected chi connectivity index (χ2v) is 7.99. The lowest BCUT2D eigenvalue weighted by molar-refractivity contribution is 0.191. The van der Waals surface area contributed by atoms with Gasteiger partial charge in [0.2, 0.25) is 0 Å². The molecule has 4 rings (SSSR count). The Labute approximate surface area is 140 Å². The summed E-state index contributed by atoms with van der Waals surface area (Å²) in [5, 5.41) is 15.6. The first-order chi connectivity index (χ1) is 11.2. The van der Waals surface area contributed by atoms with Crippen LogP contribution >= 0.6 is 21.6 Å². The molecule has 0 radical (unpaired) electrons. The van der Waals surface area contributed by atoms with E-state index in [0.29, 0.717) is 18.0 Å². The summed E-state index contributed by atoms with van der Waals surface area (Å²) in [6.07, 6.45) is 1.13. The van der Waals surface area contributed by atoms with Crippen LogP contribution in [-0.4, -0.2) is 42.0 Å². The highest BCUT2D eigenvalue weighted by molar-refractivity contribution is 8.77. The lowest BCUT2D eigenvalue weighted by Crippen LogP contribution is -2.25. The molecular formula is C15H15N5OS2. The van der Waals surface area contributed by atoms with Crippen LogP contribution in [0.3, 0.4) is 0 Å². The van der Waals surface area contributed by atoms with Crippen LogP contribution in [0.25, 0.3) is 22.3 Å². The van der Waals surface area contributed by atoms with E-state index < -0.39 is 0 Å². The number of aliphatic hydroxyl groups excluding tert-OH is 1. The fourth-order valence-corrected chi connectivity index (χ4v) is 5.57. The molecule has 0 saturated carbocycles. The maximum absolute atomic E-state index is 10.1. The molecule has 8 heteroatoms. The monoisotopic (exact) mass is 345 g/mol. The van der Waals surface area contributed by atoms with Gasteiger partial charge in [0.25, 0.3) is 0 Å². The van der Waals surface area contributed by atoms with Crippen LogP contribution in [0.15, 0.2) is 36.7 Å². The number of nitrogens with zero attached hydrogens (tertiary/aromatic N) is 4. The molecule has 0 bridgehead atoms. The Balaban J connectivity index is 1.84. The van der Waals surface area contributed by atoms with Gasteiger partial charge in [0.15, 0.2) is 5.65 Å². The Morgan fingerprint density at radius 3 is 2.83 bits per heavy atom. The zero-order chi connectivity index (χ0) is 15.8. The Morgan fingerprint density at radius 2 is 2.09 bits per heavy atom. The van der Waals surface area contributed by atoms with Crippen molar-refractivity contribution in [1.29, 1.82) is 0 Å². The molecule has 3 heterocycles. The van der Waals surface area contributed by atoms with E-state index in [1.165, 1.54) is 6.33 Å². The molecule has 1 saturated heterocycles. The van der Waals surface area contributed by atoms with E-state index in [0.717, 1.165) is 22.4 Å². The highest BCUT2D eigenvalue weighted by Crippen LogP contribution is 2.39. The number of aromatic nitrogens is 4. The van der Waals surface area contributed by atoms with E-state index in [1.54, 1.807) is 21.6 Å². The zero-order valence-corrected chi connectivity index (χ0v) is 13.8. The average molecular weight is 345 g/mol. The van der Waals surface area contributed by atoms with Gasteiger partial charge in [-0.3, -0.25) is 0 Å². The lowest BCUT2D eigenvalue weighted by Gasteiger charge is -2.12. The molecule has 1 aromatic carbocycles. The smallest absolute Gasteiger partial charge is 0.164 e. The third-order valence-corrected chi connectivity index (χ3v) is 6.70. The highest BCUT2D eigenvalue weighted by Gasteiger charge is 2.29. The van der Waals surface area contributed by atoms with E-state index in [9.17, 15) is 5.11 Å². The van der Waals surface area contributed by atoms with Gasteiger partial charge in [-0.05, 0) is 0 Å². The van der Waals surface area contributed by atoms with Crippen LogP contribution in [0, 0.1) is 0 Å². The fraction of sp³-hybridized carbons (Fsp3) is 0.267. The molecule has 0 spiro atoms. The summed E-state index contributed by atoms with van der Waals surface area (Å²) in [6.45, 7) is 0.596. The van der Waals surface area contributed by atoms with Crippen molar-refractivity contribution in [2.24, 2.45) is 0 Å². The third kappa shape index (κ3) is 2.66. The maximum Gasteiger partial charge on any atom is 0.164 e. The largest absolute Gasteiger partial charge is 0.391 e. The molecule has 1 aliphatic rings. The minimum absolute atomic E-state index is 0.0999. The van der Waals surface area contributed by atoms with Crippen molar-refractivity contribution >= 4 is 38.4 Å². The number of nitrogens with two attached hydrogens (primary N) is 1. The van der Waals surface area contributed by atoms with Crippen LogP contribution in [0.1, 0.15) is 0 Å². The van der Waals surface area contributed by atoms with Gasteiger partial charge in [0.1, 0.15) is 17.8 Å². The minimum Gasteiger partial charge on any atom is -0.391 e. The predicted molar refractivity (Wildman–Crippen MR) is 95.0 cm³/mol. The predicted octanol–water partition coefficient (Wildman–Crippen LogP) is 2.20. The number of rotatable bonds is 3. The summed E-state index contributed by atoms with van der Waals surface area (Å²) in [5.41, 5.74) is 8.55. The van der Waals surface area contributed by atoms with E-state index >= 15 is 0 Å². The molecule has 0 aliphatic carbocycles. The normalized spacial score (nSPS) is 21.1. The molecule has 0 unspecified atom stereocenters.